The highest BCUT2D eigenvalue weighted by molar-refractivity contribution is 7.14. The molecule has 0 fully saturated rings. The van der Waals surface area contributed by atoms with E-state index in [1.807, 2.05) is 5.38 Å². The third-order valence-electron chi connectivity index (χ3n) is 2.02. The lowest BCUT2D eigenvalue weighted by Gasteiger charge is -1.86. The molecule has 0 atom stereocenters. The molecule has 0 aromatic carbocycles. The van der Waals surface area contributed by atoms with Crippen molar-refractivity contribution in [2.75, 3.05) is 0 Å². The number of nitrogens with zero attached hydrogens (tertiary/aromatic N) is 2. The highest BCUT2D eigenvalue weighted by Crippen LogP contribution is 2.32. The molecule has 0 amide bonds. The topological polar surface area (TPSA) is 52.1 Å². The highest BCUT2D eigenvalue weighted by Gasteiger charge is 2.14. The summed E-state index contributed by atoms with van der Waals surface area (Å²) in [6.45, 7) is 0. The average molecular weight is 253 g/mol. The first-order valence-corrected chi connectivity index (χ1v) is 5.70. The second kappa shape index (κ2) is 3.77. The minimum absolute atomic E-state index is 0.427. The molecule has 0 aliphatic rings. The number of halogens is 1. The Morgan fingerprint density at radius 2 is 2.25 bits per heavy atom. The van der Waals surface area contributed by atoms with Crippen LogP contribution in [0.3, 0.4) is 0 Å². The molecule has 6 heteroatoms. The van der Waals surface area contributed by atoms with E-state index in [1.165, 1.54) is 11.3 Å². The van der Waals surface area contributed by atoms with E-state index in [1.54, 1.807) is 24.7 Å². The average Bonchev–Trinajstić information content (AvgIpc) is 2.96. The maximum atomic E-state index is 5.97. The Morgan fingerprint density at radius 3 is 2.94 bits per heavy atom. The summed E-state index contributed by atoms with van der Waals surface area (Å²) in [7, 11) is 0. The van der Waals surface area contributed by atoms with E-state index in [0.717, 1.165) is 10.4 Å². The van der Waals surface area contributed by atoms with Crippen molar-refractivity contribution in [3.8, 4) is 22.2 Å². The van der Waals surface area contributed by atoms with Crippen LogP contribution in [0.2, 0.25) is 5.02 Å². The molecule has 4 nitrogen and oxygen atoms in total. The molecule has 0 bridgehead atoms. The van der Waals surface area contributed by atoms with Gasteiger partial charge in [0.15, 0.2) is 0 Å². The second-order valence-electron chi connectivity index (χ2n) is 3.03. The van der Waals surface area contributed by atoms with Gasteiger partial charge in [0.05, 0.1) is 16.8 Å². The van der Waals surface area contributed by atoms with Crippen molar-refractivity contribution in [2.24, 2.45) is 0 Å². The summed E-state index contributed by atoms with van der Waals surface area (Å²) in [6, 6.07) is 3.56. The van der Waals surface area contributed by atoms with Crippen LogP contribution in [0.4, 0.5) is 0 Å². The van der Waals surface area contributed by atoms with Crippen LogP contribution in [-0.4, -0.2) is 10.1 Å². The van der Waals surface area contributed by atoms with Gasteiger partial charge in [0, 0.05) is 0 Å². The van der Waals surface area contributed by atoms with Gasteiger partial charge in [-0.15, -0.1) is 11.3 Å². The minimum Gasteiger partial charge on any atom is -0.472 e. The van der Waals surface area contributed by atoms with E-state index in [0.29, 0.717) is 16.7 Å². The Hall–Kier alpha value is -1.59. The zero-order valence-electron chi connectivity index (χ0n) is 7.88. The summed E-state index contributed by atoms with van der Waals surface area (Å²) in [5, 5.41) is 6.35. The third kappa shape index (κ3) is 1.54. The lowest BCUT2D eigenvalue weighted by atomic mass is 10.3. The van der Waals surface area contributed by atoms with Gasteiger partial charge >= 0.3 is 0 Å². The molecular formula is C10H5ClN2O2S. The van der Waals surface area contributed by atoms with E-state index >= 15 is 0 Å². The second-order valence-corrected chi connectivity index (χ2v) is 4.36. The summed E-state index contributed by atoms with van der Waals surface area (Å²) >= 11 is 7.43. The van der Waals surface area contributed by atoms with Crippen LogP contribution in [0.1, 0.15) is 0 Å². The van der Waals surface area contributed by atoms with Gasteiger partial charge in [0.2, 0.25) is 5.82 Å². The summed E-state index contributed by atoms with van der Waals surface area (Å²) in [4.78, 5) is 5.03. The molecule has 0 aliphatic heterocycles. The number of hydrogen-bond donors (Lipinski definition) is 0. The zero-order chi connectivity index (χ0) is 11.0. The number of rotatable bonds is 2. The lowest BCUT2D eigenvalue weighted by Crippen LogP contribution is -1.76. The number of furan rings is 1. The van der Waals surface area contributed by atoms with Gasteiger partial charge in [0.1, 0.15) is 11.1 Å². The molecule has 80 valence electrons. The van der Waals surface area contributed by atoms with Crippen molar-refractivity contribution in [3.63, 3.8) is 0 Å². The Morgan fingerprint density at radius 1 is 1.31 bits per heavy atom. The van der Waals surface area contributed by atoms with Crippen LogP contribution in [0.15, 0.2) is 39.0 Å². The highest BCUT2D eigenvalue weighted by atomic mass is 35.5. The molecule has 3 rings (SSSR count). The van der Waals surface area contributed by atoms with Crippen LogP contribution in [0.5, 0.6) is 0 Å². The molecule has 3 aromatic rings. The molecular weight excluding hydrogens is 248 g/mol. The van der Waals surface area contributed by atoms with Crippen molar-refractivity contribution >= 4 is 22.9 Å². The van der Waals surface area contributed by atoms with Crippen molar-refractivity contribution in [3.05, 3.63) is 35.1 Å². The predicted octanol–water partition coefficient (Wildman–Crippen LogP) is 3.71. The van der Waals surface area contributed by atoms with E-state index in [-0.39, 0.29) is 0 Å². The Balaban J connectivity index is 2.03. The Labute approximate surface area is 99.5 Å². The van der Waals surface area contributed by atoms with Gasteiger partial charge in [-0.3, -0.25) is 0 Å². The summed E-state index contributed by atoms with van der Waals surface area (Å²) in [5.41, 5.74) is 0.780. The molecule has 3 aromatic heterocycles. The SMILES string of the molecule is Clc1ccsc1-c1nc(-c2ccoc2)no1. The van der Waals surface area contributed by atoms with Crippen LogP contribution >= 0.6 is 22.9 Å². The Kier molecular flexibility index (Phi) is 2.27. The van der Waals surface area contributed by atoms with Gasteiger partial charge in [0.25, 0.3) is 5.89 Å². The molecule has 3 heterocycles. The quantitative estimate of drug-likeness (QED) is 0.698. The largest absolute Gasteiger partial charge is 0.472 e. The van der Waals surface area contributed by atoms with E-state index in [4.69, 9.17) is 20.5 Å². The van der Waals surface area contributed by atoms with E-state index in [2.05, 4.69) is 10.1 Å². The lowest BCUT2D eigenvalue weighted by molar-refractivity contribution is 0.433. The minimum atomic E-state index is 0.427. The Bertz CT molecular complexity index is 600. The predicted molar refractivity (Wildman–Crippen MR) is 60.3 cm³/mol. The van der Waals surface area contributed by atoms with Crippen molar-refractivity contribution < 1.29 is 8.94 Å². The first-order chi connectivity index (χ1) is 7.84. The zero-order valence-corrected chi connectivity index (χ0v) is 9.46. The van der Waals surface area contributed by atoms with Crippen molar-refractivity contribution in [2.45, 2.75) is 0 Å². The maximum absolute atomic E-state index is 5.97. The van der Waals surface area contributed by atoms with Crippen molar-refractivity contribution in [1.29, 1.82) is 0 Å². The van der Waals surface area contributed by atoms with E-state index in [9.17, 15) is 0 Å². The van der Waals surface area contributed by atoms with Gasteiger partial charge in [-0.2, -0.15) is 4.98 Å². The van der Waals surface area contributed by atoms with Crippen molar-refractivity contribution in [1.82, 2.24) is 10.1 Å². The summed E-state index contributed by atoms with van der Waals surface area (Å²) in [5.74, 6) is 0.921. The third-order valence-corrected chi connectivity index (χ3v) is 3.35. The molecule has 0 N–H and O–H groups in total. The molecule has 16 heavy (non-hydrogen) atoms. The first-order valence-electron chi connectivity index (χ1n) is 4.44. The summed E-state index contributed by atoms with van der Waals surface area (Å²) in [6.07, 6.45) is 3.12. The fourth-order valence-corrected chi connectivity index (χ4v) is 2.33. The number of aromatic nitrogens is 2. The first kappa shape index (κ1) is 9.62. The molecule has 0 spiro atoms. The molecule has 0 unspecified atom stereocenters. The standard InChI is InChI=1S/C10H5ClN2O2S/c11-7-2-4-16-8(7)10-12-9(13-15-10)6-1-3-14-5-6/h1-5H. The van der Waals surface area contributed by atoms with Crippen LogP contribution in [0.25, 0.3) is 22.2 Å². The molecule has 0 saturated carbocycles. The van der Waals surface area contributed by atoms with Gasteiger partial charge in [-0.25, -0.2) is 0 Å². The smallest absolute Gasteiger partial charge is 0.269 e. The van der Waals surface area contributed by atoms with Crippen LogP contribution < -0.4 is 0 Å². The van der Waals surface area contributed by atoms with Crippen LogP contribution in [0, 0.1) is 0 Å². The maximum Gasteiger partial charge on any atom is 0.269 e. The van der Waals surface area contributed by atoms with E-state index < -0.39 is 0 Å². The van der Waals surface area contributed by atoms with Gasteiger partial charge in [-0.05, 0) is 17.5 Å². The fourth-order valence-electron chi connectivity index (χ4n) is 1.27. The normalized spacial score (nSPS) is 10.8. The fraction of sp³-hybridized carbons (Fsp3) is 0. The summed E-state index contributed by atoms with van der Waals surface area (Å²) < 4.78 is 10.1. The van der Waals surface area contributed by atoms with Gasteiger partial charge in [-0.1, -0.05) is 16.8 Å². The van der Waals surface area contributed by atoms with Crippen LogP contribution in [-0.2, 0) is 0 Å². The molecule has 0 aliphatic carbocycles. The number of thiophene rings is 1. The number of hydrogen-bond acceptors (Lipinski definition) is 5. The molecule has 0 radical (unpaired) electrons. The van der Waals surface area contributed by atoms with Gasteiger partial charge < -0.3 is 8.94 Å². The molecule has 0 saturated heterocycles. The monoisotopic (exact) mass is 252 g/mol.